The first-order valence-corrected chi connectivity index (χ1v) is 13.9. The van der Waals surface area contributed by atoms with Crippen molar-refractivity contribution in [3.63, 3.8) is 0 Å². The Morgan fingerprint density at radius 3 is 2.46 bits per heavy atom. The van der Waals surface area contributed by atoms with E-state index in [1.807, 2.05) is 13.0 Å². The van der Waals surface area contributed by atoms with Crippen molar-refractivity contribution in [3.8, 4) is 17.2 Å². The molecule has 8 nitrogen and oxygen atoms in total. The summed E-state index contributed by atoms with van der Waals surface area (Å²) in [5, 5.41) is 11.4. The topological polar surface area (TPSA) is 94.5 Å². The van der Waals surface area contributed by atoms with Gasteiger partial charge < -0.3 is 29.0 Å². The number of ether oxygens (including phenoxy) is 4. The smallest absolute Gasteiger partial charge is 0.295 e. The molecule has 1 N–H and O–H groups in total. The molecule has 2 aromatic carbocycles. The quantitative estimate of drug-likeness (QED) is 0.153. The zero-order valence-electron chi connectivity index (χ0n) is 23.1. The molecule has 2 aromatic rings. The molecule has 0 bridgehead atoms. The Morgan fingerprint density at radius 1 is 1.00 bits per heavy atom. The number of carbonyl (C=O) groups excluding carboxylic acids is 2. The lowest BCUT2D eigenvalue weighted by Crippen LogP contribution is -2.36. The number of benzene rings is 2. The van der Waals surface area contributed by atoms with E-state index in [1.165, 1.54) is 4.90 Å². The van der Waals surface area contributed by atoms with Crippen LogP contribution in [0.3, 0.4) is 0 Å². The van der Waals surface area contributed by atoms with Crippen molar-refractivity contribution in [2.75, 3.05) is 33.5 Å². The van der Waals surface area contributed by atoms with Gasteiger partial charge in [0.05, 0.1) is 38.0 Å². The Balaban J connectivity index is 1.72. The Kier molecular flexibility index (Phi) is 9.87. The molecule has 0 saturated carbocycles. The first-order chi connectivity index (χ1) is 19.0. The third-order valence-electron chi connectivity index (χ3n) is 7.07. The van der Waals surface area contributed by atoms with E-state index >= 15 is 0 Å². The normalized spacial score (nSPS) is 20.4. The lowest BCUT2D eigenvalue weighted by Gasteiger charge is -2.28. The maximum atomic E-state index is 13.4. The molecule has 2 heterocycles. The van der Waals surface area contributed by atoms with Crippen LogP contribution in [0.2, 0.25) is 0 Å². The lowest BCUT2D eigenvalue weighted by atomic mass is 9.94. The molecule has 0 aliphatic carbocycles. The number of Topliss-reactive ketones (excluding diaryl/α,β-unsaturated/α-hetero) is 1. The van der Waals surface area contributed by atoms with Crippen LogP contribution >= 0.6 is 0 Å². The molecular formula is C31H39NO7. The molecule has 4 rings (SSSR count). The van der Waals surface area contributed by atoms with Gasteiger partial charge in [-0.3, -0.25) is 9.59 Å². The molecule has 39 heavy (non-hydrogen) atoms. The molecule has 0 radical (unpaired) electrons. The highest BCUT2D eigenvalue weighted by molar-refractivity contribution is 6.46. The van der Waals surface area contributed by atoms with E-state index in [1.54, 1.807) is 43.5 Å². The highest BCUT2D eigenvalue weighted by Crippen LogP contribution is 2.42. The minimum atomic E-state index is -0.798. The van der Waals surface area contributed by atoms with E-state index in [2.05, 4.69) is 6.92 Å². The summed E-state index contributed by atoms with van der Waals surface area (Å²) in [6, 6.07) is 11.5. The molecule has 0 aromatic heterocycles. The van der Waals surface area contributed by atoms with Crippen LogP contribution in [0.15, 0.2) is 48.0 Å². The maximum Gasteiger partial charge on any atom is 0.295 e. The van der Waals surface area contributed by atoms with Crippen LogP contribution in [0.4, 0.5) is 0 Å². The van der Waals surface area contributed by atoms with Crippen molar-refractivity contribution in [2.45, 2.75) is 64.5 Å². The zero-order valence-corrected chi connectivity index (χ0v) is 23.1. The van der Waals surface area contributed by atoms with Gasteiger partial charge in [0, 0.05) is 18.7 Å². The van der Waals surface area contributed by atoms with Gasteiger partial charge in [0.15, 0.2) is 11.5 Å². The van der Waals surface area contributed by atoms with Crippen LogP contribution in [0, 0.1) is 0 Å². The van der Waals surface area contributed by atoms with Crippen LogP contribution in [-0.2, 0) is 14.3 Å². The van der Waals surface area contributed by atoms with E-state index < -0.39 is 17.7 Å². The molecule has 2 saturated heterocycles. The average molecular weight is 538 g/mol. The number of unbranched alkanes of at least 4 members (excludes halogenated alkanes) is 2. The van der Waals surface area contributed by atoms with E-state index in [4.69, 9.17) is 18.9 Å². The predicted molar refractivity (Wildman–Crippen MR) is 148 cm³/mol. The second kappa shape index (κ2) is 13.5. The number of aliphatic hydroxyl groups is 1. The Labute approximate surface area is 230 Å². The number of carbonyl (C=O) groups is 2. The summed E-state index contributed by atoms with van der Waals surface area (Å²) in [5.74, 6) is 0.164. The summed E-state index contributed by atoms with van der Waals surface area (Å²) < 4.78 is 23.0. The second-order valence-electron chi connectivity index (χ2n) is 9.93. The highest BCUT2D eigenvalue weighted by Gasteiger charge is 2.47. The van der Waals surface area contributed by atoms with Gasteiger partial charge in [0.2, 0.25) is 0 Å². The van der Waals surface area contributed by atoms with E-state index in [0.717, 1.165) is 38.5 Å². The first-order valence-electron chi connectivity index (χ1n) is 13.9. The van der Waals surface area contributed by atoms with E-state index in [9.17, 15) is 14.7 Å². The average Bonchev–Trinajstić information content (AvgIpc) is 3.56. The summed E-state index contributed by atoms with van der Waals surface area (Å²) in [4.78, 5) is 28.2. The van der Waals surface area contributed by atoms with Crippen molar-refractivity contribution in [2.24, 2.45) is 0 Å². The monoisotopic (exact) mass is 537 g/mol. The molecule has 2 fully saturated rings. The molecule has 0 spiro atoms. The minimum absolute atomic E-state index is 0.0406. The lowest BCUT2D eigenvalue weighted by molar-refractivity contribution is -0.140. The summed E-state index contributed by atoms with van der Waals surface area (Å²) >= 11 is 0. The number of hydrogen-bond donors (Lipinski definition) is 1. The fourth-order valence-corrected chi connectivity index (χ4v) is 5.01. The van der Waals surface area contributed by atoms with Crippen LogP contribution in [-0.4, -0.2) is 61.3 Å². The standard InChI is InChI=1S/C31H39NO7/c1-4-6-7-17-39-25-15-12-22(19-26(25)36-3)28-27(29(33)21-10-13-23(14-11-21)37-16-5-2)30(34)31(35)32(28)20-24-9-8-18-38-24/h10-15,19,24,28,33H,4-9,16-18,20H2,1-3H3/t24-,28+/m0/s1. The summed E-state index contributed by atoms with van der Waals surface area (Å²) in [6.45, 7) is 6.20. The number of hydrogen-bond acceptors (Lipinski definition) is 7. The van der Waals surface area contributed by atoms with Gasteiger partial charge in [-0.05, 0) is 67.6 Å². The number of nitrogens with zero attached hydrogens (tertiary/aromatic N) is 1. The van der Waals surface area contributed by atoms with Crippen LogP contribution in [0.25, 0.3) is 5.76 Å². The summed E-state index contributed by atoms with van der Waals surface area (Å²) in [7, 11) is 1.56. The highest BCUT2D eigenvalue weighted by atomic mass is 16.5. The third-order valence-corrected chi connectivity index (χ3v) is 7.07. The van der Waals surface area contributed by atoms with Crippen LogP contribution in [0.5, 0.6) is 17.2 Å². The van der Waals surface area contributed by atoms with Crippen molar-refractivity contribution in [1.82, 2.24) is 4.90 Å². The summed E-state index contributed by atoms with van der Waals surface area (Å²) in [5.41, 5.74) is 1.12. The number of amides is 1. The van der Waals surface area contributed by atoms with Crippen molar-refractivity contribution < 1.29 is 33.6 Å². The fourth-order valence-electron chi connectivity index (χ4n) is 5.01. The third kappa shape index (κ3) is 6.56. The van der Waals surface area contributed by atoms with Crippen molar-refractivity contribution in [3.05, 3.63) is 59.2 Å². The van der Waals surface area contributed by atoms with Gasteiger partial charge in [-0.1, -0.05) is 32.8 Å². The number of ketones is 1. The molecule has 2 aliphatic rings. The second-order valence-corrected chi connectivity index (χ2v) is 9.93. The molecular weight excluding hydrogens is 498 g/mol. The van der Waals surface area contributed by atoms with Gasteiger partial charge in [0.25, 0.3) is 11.7 Å². The molecule has 1 amide bonds. The van der Waals surface area contributed by atoms with Crippen LogP contribution < -0.4 is 14.2 Å². The Hall–Kier alpha value is -3.52. The predicted octanol–water partition coefficient (Wildman–Crippen LogP) is 5.65. The van der Waals surface area contributed by atoms with Gasteiger partial charge in [-0.25, -0.2) is 0 Å². The Morgan fingerprint density at radius 2 is 1.79 bits per heavy atom. The number of methoxy groups -OCH3 is 1. The van der Waals surface area contributed by atoms with Gasteiger partial charge in [0.1, 0.15) is 11.5 Å². The van der Waals surface area contributed by atoms with Gasteiger partial charge >= 0.3 is 0 Å². The van der Waals surface area contributed by atoms with E-state index in [0.29, 0.717) is 48.2 Å². The minimum Gasteiger partial charge on any atom is -0.507 e. The largest absolute Gasteiger partial charge is 0.507 e. The first kappa shape index (κ1) is 28.5. The Bertz CT molecular complexity index is 1170. The van der Waals surface area contributed by atoms with Gasteiger partial charge in [-0.2, -0.15) is 0 Å². The molecule has 8 heteroatoms. The molecule has 0 unspecified atom stereocenters. The zero-order chi connectivity index (χ0) is 27.8. The van der Waals surface area contributed by atoms with Gasteiger partial charge in [-0.15, -0.1) is 0 Å². The molecule has 2 aliphatic heterocycles. The molecule has 210 valence electrons. The molecule has 2 atom stereocenters. The summed E-state index contributed by atoms with van der Waals surface area (Å²) in [6.07, 6.45) is 5.53. The number of aliphatic hydroxyl groups excluding tert-OH is 1. The number of rotatable bonds is 13. The number of likely N-dealkylation sites (tertiary alicyclic amines) is 1. The van der Waals surface area contributed by atoms with Crippen molar-refractivity contribution in [1.29, 1.82) is 0 Å². The fraction of sp³-hybridized carbons (Fsp3) is 0.484. The van der Waals surface area contributed by atoms with Crippen LogP contribution in [0.1, 0.15) is 69.5 Å². The SMILES string of the molecule is CCCCCOc1ccc([C@@H]2C(=C(O)c3ccc(OCCC)cc3)C(=O)C(=O)N2C[C@@H]2CCCO2)cc1OC. The maximum absolute atomic E-state index is 13.4. The van der Waals surface area contributed by atoms with Crippen molar-refractivity contribution >= 4 is 17.4 Å². The van der Waals surface area contributed by atoms with E-state index in [-0.39, 0.29) is 24.0 Å².